The molecule has 3 N–H and O–H groups in total. The highest BCUT2D eigenvalue weighted by Gasteiger charge is 1.99. The van der Waals surface area contributed by atoms with E-state index in [4.69, 9.17) is 10.2 Å². The number of carbonyl (C=O) groups is 1. The van der Waals surface area contributed by atoms with Gasteiger partial charge >= 0.3 is 6.09 Å². The first-order valence-electron chi connectivity index (χ1n) is 3.79. The molecule has 0 fully saturated rings. The molecule has 0 aliphatic rings. The van der Waals surface area contributed by atoms with Crippen LogP contribution < -0.4 is 5.32 Å². The summed E-state index contributed by atoms with van der Waals surface area (Å²) in [5.41, 5.74) is 0.661. The zero-order chi connectivity index (χ0) is 9.68. The second kappa shape index (κ2) is 4.42. The fourth-order valence-corrected chi connectivity index (χ4v) is 0.913. The van der Waals surface area contributed by atoms with E-state index in [1.807, 2.05) is 0 Å². The van der Waals surface area contributed by atoms with Crippen LogP contribution in [-0.2, 0) is 6.42 Å². The summed E-state index contributed by atoms with van der Waals surface area (Å²) in [6, 6.07) is 4.96. The molecule has 0 atom stereocenters. The minimum Gasteiger partial charge on any atom is -0.465 e. The summed E-state index contributed by atoms with van der Waals surface area (Å²) < 4.78 is 0. The number of aromatic nitrogens is 1. The maximum atomic E-state index is 10.2. The molecule has 1 rings (SSSR count). The molecule has 5 nitrogen and oxygen atoms in total. The number of carboxylic acid groups (broad SMARTS) is 1. The summed E-state index contributed by atoms with van der Waals surface area (Å²) >= 11 is 0. The first kappa shape index (κ1) is 9.47. The predicted octanol–water partition coefficient (Wildman–Crippen LogP) is 0.706. The molecule has 0 unspecified atom stereocenters. The lowest BCUT2D eigenvalue weighted by Gasteiger charge is -2.01. The average molecular weight is 182 g/mol. The molecule has 1 aromatic heterocycles. The molecule has 0 aromatic carbocycles. The Bertz CT molecular complexity index is 301. The van der Waals surface area contributed by atoms with Crippen molar-refractivity contribution in [2.75, 3.05) is 11.9 Å². The molecule has 0 bridgehead atoms. The molecule has 0 saturated heterocycles. The fourth-order valence-electron chi connectivity index (χ4n) is 0.913. The summed E-state index contributed by atoms with van der Waals surface area (Å²) in [4.78, 5) is 14.2. The molecule has 0 radical (unpaired) electrons. The van der Waals surface area contributed by atoms with E-state index in [1.165, 1.54) is 0 Å². The van der Waals surface area contributed by atoms with Crippen LogP contribution in [0.1, 0.15) is 5.69 Å². The van der Waals surface area contributed by atoms with Crippen LogP contribution in [0, 0.1) is 0 Å². The molecule has 1 amide bonds. The van der Waals surface area contributed by atoms with Crippen LogP contribution in [0.3, 0.4) is 0 Å². The lowest BCUT2D eigenvalue weighted by molar-refractivity contribution is 0.209. The molecule has 5 heteroatoms. The summed E-state index contributed by atoms with van der Waals surface area (Å²) in [6.07, 6.45) is -0.719. The number of pyridine rings is 1. The Kier molecular flexibility index (Phi) is 3.22. The van der Waals surface area contributed by atoms with Crippen LogP contribution in [0.5, 0.6) is 0 Å². The second-order valence-corrected chi connectivity index (χ2v) is 2.42. The van der Waals surface area contributed by atoms with Gasteiger partial charge in [-0.2, -0.15) is 0 Å². The number of aliphatic hydroxyl groups is 1. The molecular formula is C8H10N2O3. The Morgan fingerprint density at radius 3 is 2.92 bits per heavy atom. The lowest BCUT2D eigenvalue weighted by Crippen LogP contribution is -2.09. The van der Waals surface area contributed by atoms with Gasteiger partial charge in [0.25, 0.3) is 0 Å². The van der Waals surface area contributed by atoms with Crippen LogP contribution >= 0.6 is 0 Å². The highest BCUT2D eigenvalue weighted by molar-refractivity contribution is 5.81. The van der Waals surface area contributed by atoms with E-state index >= 15 is 0 Å². The Balaban J connectivity index is 2.73. The van der Waals surface area contributed by atoms with E-state index in [9.17, 15) is 4.79 Å². The summed E-state index contributed by atoms with van der Waals surface area (Å²) in [7, 11) is 0. The smallest absolute Gasteiger partial charge is 0.410 e. The molecule has 1 heterocycles. The number of anilines is 1. The maximum absolute atomic E-state index is 10.2. The van der Waals surface area contributed by atoms with E-state index < -0.39 is 6.09 Å². The number of hydrogen-bond acceptors (Lipinski definition) is 3. The molecule has 0 aliphatic heterocycles. The molecule has 0 aliphatic carbocycles. The Labute approximate surface area is 75.0 Å². The van der Waals surface area contributed by atoms with Gasteiger partial charge < -0.3 is 10.2 Å². The van der Waals surface area contributed by atoms with Crippen molar-refractivity contribution in [1.29, 1.82) is 0 Å². The number of nitrogens with one attached hydrogen (secondary N) is 1. The monoisotopic (exact) mass is 182 g/mol. The van der Waals surface area contributed by atoms with Gasteiger partial charge in [0.05, 0.1) is 0 Å². The molecular weight excluding hydrogens is 172 g/mol. The molecule has 0 spiro atoms. The van der Waals surface area contributed by atoms with Crippen LogP contribution in [0.4, 0.5) is 10.6 Å². The van der Waals surface area contributed by atoms with Crippen molar-refractivity contribution in [2.45, 2.75) is 6.42 Å². The third kappa shape index (κ3) is 3.08. The standard InChI is InChI=1S/C8H10N2O3/c11-5-4-6-2-1-3-7(9-6)10-8(12)13/h1-3,11H,4-5H2,(H,9,10)(H,12,13). The van der Waals surface area contributed by atoms with Crippen molar-refractivity contribution in [3.8, 4) is 0 Å². The number of amides is 1. The van der Waals surface area contributed by atoms with Gasteiger partial charge in [0.15, 0.2) is 0 Å². The highest BCUT2D eigenvalue weighted by Crippen LogP contribution is 2.04. The molecule has 13 heavy (non-hydrogen) atoms. The van der Waals surface area contributed by atoms with Gasteiger partial charge in [0.1, 0.15) is 5.82 Å². The van der Waals surface area contributed by atoms with Crippen molar-refractivity contribution in [3.63, 3.8) is 0 Å². The Morgan fingerprint density at radius 1 is 1.54 bits per heavy atom. The zero-order valence-corrected chi connectivity index (χ0v) is 6.90. The summed E-state index contributed by atoms with van der Waals surface area (Å²) in [5, 5.41) is 19.1. The quantitative estimate of drug-likeness (QED) is 0.642. The van der Waals surface area contributed by atoms with Crippen molar-refractivity contribution in [2.24, 2.45) is 0 Å². The van der Waals surface area contributed by atoms with Gasteiger partial charge in [0, 0.05) is 18.7 Å². The third-order valence-electron chi connectivity index (χ3n) is 1.41. The van der Waals surface area contributed by atoms with E-state index in [0.717, 1.165) is 0 Å². The minimum atomic E-state index is -1.14. The molecule has 70 valence electrons. The van der Waals surface area contributed by atoms with Crippen molar-refractivity contribution in [1.82, 2.24) is 4.98 Å². The largest absolute Gasteiger partial charge is 0.465 e. The summed E-state index contributed by atoms with van der Waals surface area (Å²) in [5.74, 6) is 0.276. The van der Waals surface area contributed by atoms with E-state index in [-0.39, 0.29) is 12.4 Å². The summed E-state index contributed by atoms with van der Waals surface area (Å²) in [6.45, 7) is 0.00350. The van der Waals surface area contributed by atoms with Crippen LogP contribution in [0.25, 0.3) is 0 Å². The topological polar surface area (TPSA) is 82.5 Å². The van der Waals surface area contributed by atoms with Crippen LogP contribution in [-0.4, -0.2) is 27.9 Å². The van der Waals surface area contributed by atoms with Crippen molar-refractivity contribution in [3.05, 3.63) is 23.9 Å². The second-order valence-electron chi connectivity index (χ2n) is 2.42. The van der Waals surface area contributed by atoms with E-state index in [0.29, 0.717) is 12.1 Å². The number of rotatable bonds is 3. The van der Waals surface area contributed by atoms with Crippen LogP contribution in [0.15, 0.2) is 18.2 Å². The minimum absolute atomic E-state index is 0.00350. The Morgan fingerprint density at radius 2 is 2.31 bits per heavy atom. The van der Waals surface area contributed by atoms with Gasteiger partial charge in [0.2, 0.25) is 0 Å². The zero-order valence-electron chi connectivity index (χ0n) is 6.90. The van der Waals surface area contributed by atoms with Gasteiger partial charge in [-0.3, -0.25) is 5.32 Å². The fraction of sp³-hybridized carbons (Fsp3) is 0.250. The van der Waals surface area contributed by atoms with Gasteiger partial charge in [-0.15, -0.1) is 0 Å². The van der Waals surface area contributed by atoms with E-state index in [1.54, 1.807) is 18.2 Å². The molecule has 1 aromatic rings. The van der Waals surface area contributed by atoms with Crippen molar-refractivity contribution < 1.29 is 15.0 Å². The van der Waals surface area contributed by atoms with Crippen molar-refractivity contribution >= 4 is 11.9 Å². The number of hydrogen-bond donors (Lipinski definition) is 3. The predicted molar refractivity (Wildman–Crippen MR) is 46.7 cm³/mol. The highest BCUT2D eigenvalue weighted by atomic mass is 16.4. The lowest BCUT2D eigenvalue weighted by atomic mass is 10.3. The van der Waals surface area contributed by atoms with Gasteiger partial charge in [-0.25, -0.2) is 9.78 Å². The SMILES string of the molecule is O=C(O)Nc1cccc(CCO)n1. The van der Waals surface area contributed by atoms with Gasteiger partial charge in [-0.05, 0) is 12.1 Å². The van der Waals surface area contributed by atoms with E-state index in [2.05, 4.69) is 10.3 Å². The molecule has 0 saturated carbocycles. The van der Waals surface area contributed by atoms with Gasteiger partial charge in [-0.1, -0.05) is 6.07 Å². The maximum Gasteiger partial charge on any atom is 0.410 e. The van der Waals surface area contributed by atoms with Crippen LogP contribution in [0.2, 0.25) is 0 Å². The average Bonchev–Trinajstić information content (AvgIpc) is 2.04. The number of nitrogens with zero attached hydrogens (tertiary/aromatic N) is 1. The normalized spacial score (nSPS) is 9.62. The first-order chi connectivity index (χ1) is 6.22. The Hall–Kier alpha value is -1.62. The third-order valence-corrected chi connectivity index (χ3v) is 1.41. The first-order valence-corrected chi connectivity index (χ1v) is 3.79. The number of aliphatic hydroxyl groups excluding tert-OH is 1.